The summed E-state index contributed by atoms with van der Waals surface area (Å²) in [6.45, 7) is 6.46. The van der Waals surface area contributed by atoms with Crippen molar-refractivity contribution in [1.29, 1.82) is 0 Å². The Morgan fingerprint density at radius 3 is 2.29 bits per heavy atom. The van der Waals surface area contributed by atoms with Crippen molar-refractivity contribution in [2.45, 2.75) is 45.8 Å². The number of hydrogen-bond acceptors (Lipinski definition) is 4. The second-order valence-corrected chi connectivity index (χ2v) is 7.67. The van der Waals surface area contributed by atoms with Crippen LogP contribution in [0.4, 0.5) is 14.0 Å². The number of amides is 4. The fraction of sp³-hybridized carbons (Fsp3) is 0.526. The molecule has 0 unspecified atom stereocenters. The van der Waals surface area contributed by atoms with Gasteiger partial charge in [0, 0.05) is 25.6 Å². The minimum atomic E-state index is -0.566. The number of rotatable bonds is 3. The van der Waals surface area contributed by atoms with Crippen LogP contribution in [0.2, 0.25) is 0 Å². The zero-order chi connectivity index (χ0) is 20.7. The van der Waals surface area contributed by atoms with E-state index in [4.69, 9.17) is 4.74 Å². The van der Waals surface area contributed by atoms with Gasteiger partial charge in [-0.2, -0.15) is 0 Å². The molecule has 0 bridgehead atoms. The molecule has 1 heterocycles. The lowest BCUT2D eigenvalue weighted by Gasteiger charge is -2.32. The molecule has 28 heavy (non-hydrogen) atoms. The van der Waals surface area contributed by atoms with E-state index < -0.39 is 11.6 Å². The molecule has 8 nitrogen and oxygen atoms in total. The van der Waals surface area contributed by atoms with Gasteiger partial charge >= 0.3 is 12.1 Å². The number of hydrogen-bond donors (Lipinski definition) is 3. The molecule has 0 aromatic heterocycles. The Bertz CT molecular complexity index is 695. The standard InChI is InChI=1S/C19H27FN4O4/c1-19(2,3)28-18(27)24-10-8-14(9-11-24)16(25)22-23-17(26)21-12-13-4-6-15(20)7-5-13/h4-7,14H,8-12H2,1-3H3,(H,22,25)(H2,21,23,26). The van der Waals surface area contributed by atoms with E-state index in [-0.39, 0.29) is 30.3 Å². The van der Waals surface area contributed by atoms with Crippen molar-refractivity contribution in [2.24, 2.45) is 5.92 Å². The van der Waals surface area contributed by atoms with Gasteiger partial charge in [0.1, 0.15) is 11.4 Å². The Hall–Kier alpha value is -2.84. The number of carbonyl (C=O) groups excluding carboxylic acids is 3. The van der Waals surface area contributed by atoms with E-state index in [1.165, 1.54) is 12.1 Å². The average Bonchev–Trinajstić information content (AvgIpc) is 2.64. The molecule has 0 radical (unpaired) electrons. The summed E-state index contributed by atoms with van der Waals surface area (Å²) in [6, 6.07) is 5.17. The topological polar surface area (TPSA) is 99.8 Å². The molecule has 0 saturated carbocycles. The second kappa shape index (κ2) is 9.38. The molecule has 154 valence electrons. The molecular formula is C19H27FN4O4. The number of carbonyl (C=O) groups is 3. The first-order valence-corrected chi connectivity index (χ1v) is 9.20. The summed E-state index contributed by atoms with van der Waals surface area (Å²) in [7, 11) is 0. The monoisotopic (exact) mass is 394 g/mol. The lowest BCUT2D eigenvalue weighted by molar-refractivity contribution is -0.127. The largest absolute Gasteiger partial charge is 0.444 e. The van der Waals surface area contributed by atoms with Crippen molar-refractivity contribution in [3.63, 3.8) is 0 Å². The number of ether oxygens (including phenoxy) is 1. The van der Waals surface area contributed by atoms with Gasteiger partial charge < -0.3 is 15.0 Å². The van der Waals surface area contributed by atoms with Gasteiger partial charge in [-0.15, -0.1) is 0 Å². The fourth-order valence-electron chi connectivity index (χ4n) is 2.70. The summed E-state index contributed by atoms with van der Waals surface area (Å²) in [5, 5.41) is 2.56. The van der Waals surface area contributed by atoms with Crippen LogP contribution in [0, 0.1) is 11.7 Å². The fourth-order valence-corrected chi connectivity index (χ4v) is 2.70. The number of hydrazine groups is 1. The highest BCUT2D eigenvalue weighted by atomic mass is 19.1. The van der Waals surface area contributed by atoms with E-state index in [1.54, 1.807) is 37.8 Å². The molecular weight excluding hydrogens is 367 g/mol. The van der Waals surface area contributed by atoms with Crippen LogP contribution in [-0.2, 0) is 16.1 Å². The third-order valence-corrected chi connectivity index (χ3v) is 4.18. The first-order chi connectivity index (χ1) is 13.1. The van der Waals surface area contributed by atoms with Gasteiger partial charge in [0.25, 0.3) is 0 Å². The van der Waals surface area contributed by atoms with Crippen molar-refractivity contribution in [3.8, 4) is 0 Å². The Labute approximate surface area is 163 Å². The highest BCUT2D eigenvalue weighted by Crippen LogP contribution is 2.19. The summed E-state index contributed by atoms with van der Waals surface area (Å²) in [5.41, 5.74) is 4.86. The van der Waals surface area contributed by atoms with Gasteiger partial charge in [-0.3, -0.25) is 10.2 Å². The van der Waals surface area contributed by atoms with E-state index in [0.29, 0.717) is 25.9 Å². The summed E-state index contributed by atoms with van der Waals surface area (Å²) in [6.07, 6.45) is 0.595. The molecule has 1 aliphatic rings. The van der Waals surface area contributed by atoms with E-state index in [2.05, 4.69) is 16.2 Å². The molecule has 1 aromatic carbocycles. The number of piperidine rings is 1. The quantitative estimate of drug-likeness (QED) is 0.685. The van der Waals surface area contributed by atoms with Crippen LogP contribution in [0.5, 0.6) is 0 Å². The Morgan fingerprint density at radius 1 is 1.11 bits per heavy atom. The molecule has 3 N–H and O–H groups in total. The minimum absolute atomic E-state index is 0.205. The van der Waals surface area contributed by atoms with Crippen LogP contribution in [0.25, 0.3) is 0 Å². The van der Waals surface area contributed by atoms with Crippen LogP contribution < -0.4 is 16.2 Å². The zero-order valence-electron chi connectivity index (χ0n) is 16.4. The third-order valence-electron chi connectivity index (χ3n) is 4.18. The molecule has 1 aromatic rings. The van der Waals surface area contributed by atoms with Gasteiger partial charge in [0.15, 0.2) is 0 Å². The van der Waals surface area contributed by atoms with Crippen molar-refractivity contribution < 1.29 is 23.5 Å². The Balaban J connectivity index is 1.67. The van der Waals surface area contributed by atoms with Gasteiger partial charge in [-0.05, 0) is 51.3 Å². The normalized spacial score (nSPS) is 14.9. The summed E-state index contributed by atoms with van der Waals surface area (Å²) < 4.78 is 18.2. The van der Waals surface area contributed by atoms with Crippen LogP contribution >= 0.6 is 0 Å². The molecule has 4 amide bonds. The smallest absolute Gasteiger partial charge is 0.410 e. The van der Waals surface area contributed by atoms with Crippen LogP contribution in [0.3, 0.4) is 0 Å². The van der Waals surface area contributed by atoms with Gasteiger partial charge in [0.05, 0.1) is 0 Å². The molecule has 9 heteroatoms. The molecule has 1 aliphatic heterocycles. The van der Waals surface area contributed by atoms with Gasteiger partial charge in [0.2, 0.25) is 5.91 Å². The van der Waals surface area contributed by atoms with Crippen LogP contribution in [0.1, 0.15) is 39.2 Å². The molecule has 2 rings (SSSR count). The first-order valence-electron chi connectivity index (χ1n) is 9.20. The van der Waals surface area contributed by atoms with Crippen LogP contribution in [-0.4, -0.2) is 41.6 Å². The summed E-state index contributed by atoms with van der Waals surface area (Å²) in [5.74, 6) is -0.949. The maximum atomic E-state index is 12.8. The number of likely N-dealkylation sites (tertiary alicyclic amines) is 1. The predicted octanol–water partition coefficient (Wildman–Crippen LogP) is 2.30. The lowest BCUT2D eigenvalue weighted by Crippen LogP contribution is -2.51. The first kappa shape index (κ1) is 21.5. The van der Waals surface area contributed by atoms with Gasteiger partial charge in [-0.25, -0.2) is 19.4 Å². The third kappa shape index (κ3) is 7.05. The molecule has 1 fully saturated rings. The average molecular weight is 394 g/mol. The van der Waals surface area contributed by atoms with Crippen molar-refractivity contribution in [3.05, 3.63) is 35.6 Å². The Morgan fingerprint density at radius 2 is 1.71 bits per heavy atom. The van der Waals surface area contributed by atoms with E-state index >= 15 is 0 Å². The zero-order valence-corrected chi connectivity index (χ0v) is 16.4. The van der Waals surface area contributed by atoms with Crippen LogP contribution in [0.15, 0.2) is 24.3 Å². The molecule has 0 atom stereocenters. The van der Waals surface area contributed by atoms with Crippen molar-refractivity contribution >= 4 is 18.0 Å². The second-order valence-electron chi connectivity index (χ2n) is 7.67. The molecule has 0 spiro atoms. The summed E-state index contributed by atoms with van der Waals surface area (Å²) >= 11 is 0. The van der Waals surface area contributed by atoms with Crippen molar-refractivity contribution in [2.75, 3.05) is 13.1 Å². The highest BCUT2D eigenvalue weighted by Gasteiger charge is 2.30. The SMILES string of the molecule is CC(C)(C)OC(=O)N1CCC(C(=O)NNC(=O)NCc2ccc(F)cc2)CC1. The number of halogens is 1. The Kier molecular flexibility index (Phi) is 7.19. The number of benzene rings is 1. The van der Waals surface area contributed by atoms with E-state index in [1.807, 2.05) is 0 Å². The maximum Gasteiger partial charge on any atom is 0.410 e. The minimum Gasteiger partial charge on any atom is -0.444 e. The lowest BCUT2D eigenvalue weighted by atomic mass is 9.96. The maximum absolute atomic E-state index is 12.8. The predicted molar refractivity (Wildman–Crippen MR) is 100 cm³/mol. The number of nitrogens with zero attached hydrogens (tertiary/aromatic N) is 1. The van der Waals surface area contributed by atoms with Crippen molar-refractivity contribution in [1.82, 2.24) is 21.1 Å². The summed E-state index contributed by atoms with van der Waals surface area (Å²) in [4.78, 5) is 37.6. The van der Waals surface area contributed by atoms with E-state index in [0.717, 1.165) is 5.56 Å². The highest BCUT2D eigenvalue weighted by molar-refractivity contribution is 5.82. The number of nitrogens with one attached hydrogen (secondary N) is 3. The van der Waals surface area contributed by atoms with E-state index in [9.17, 15) is 18.8 Å². The van der Waals surface area contributed by atoms with Gasteiger partial charge in [-0.1, -0.05) is 12.1 Å². The molecule has 0 aliphatic carbocycles. The molecule has 1 saturated heterocycles. The number of urea groups is 1.